The number of aromatic hydroxyl groups is 1. The summed E-state index contributed by atoms with van der Waals surface area (Å²) in [6, 6.07) is 4.61. The number of hydrogen-bond donors (Lipinski definition) is 1. The fourth-order valence-electron chi connectivity index (χ4n) is 2.95. The first-order valence-electron chi connectivity index (χ1n) is 7.84. The van der Waals surface area contributed by atoms with Crippen LogP contribution in [0.15, 0.2) is 18.2 Å². The molecule has 1 aromatic carbocycles. The quantitative estimate of drug-likeness (QED) is 0.614. The normalized spacial score (nSPS) is 25.8. The van der Waals surface area contributed by atoms with Crippen molar-refractivity contribution in [2.24, 2.45) is 0 Å². The number of phenolic OH excluding ortho intramolecular Hbond substituents is 1. The SMILES string of the molecule is CCCCCCCSC12OC1C(=O)c1c(O)cccc1C2=O. The van der Waals surface area contributed by atoms with Crippen molar-refractivity contribution in [3.8, 4) is 5.75 Å². The average Bonchev–Trinajstić information content (AvgIpc) is 3.25. The van der Waals surface area contributed by atoms with Gasteiger partial charge in [0.2, 0.25) is 16.5 Å². The van der Waals surface area contributed by atoms with Crippen molar-refractivity contribution in [2.45, 2.75) is 50.1 Å². The first-order chi connectivity index (χ1) is 10.6. The maximum Gasteiger partial charge on any atom is 0.211 e. The minimum atomic E-state index is -1.03. The van der Waals surface area contributed by atoms with Crippen LogP contribution in [0, 0.1) is 0 Å². The maximum atomic E-state index is 12.6. The molecular formula is C17H20O4S. The summed E-state index contributed by atoms with van der Waals surface area (Å²) in [5.41, 5.74) is 0.409. The number of fused-ring (bicyclic) bond motifs is 2. The van der Waals surface area contributed by atoms with Crippen LogP contribution in [0.1, 0.15) is 59.7 Å². The Kier molecular flexibility index (Phi) is 4.28. The molecule has 0 bridgehead atoms. The predicted octanol–water partition coefficient (Wildman–Crippen LogP) is 3.57. The molecule has 2 aliphatic rings. The largest absolute Gasteiger partial charge is 0.507 e. The van der Waals surface area contributed by atoms with Gasteiger partial charge in [-0.2, -0.15) is 0 Å². The number of carbonyl (C=O) groups is 2. The minimum absolute atomic E-state index is 0.120. The Balaban J connectivity index is 1.68. The van der Waals surface area contributed by atoms with Gasteiger partial charge < -0.3 is 9.84 Å². The van der Waals surface area contributed by atoms with Gasteiger partial charge in [-0.1, -0.05) is 44.7 Å². The average molecular weight is 320 g/mol. The summed E-state index contributed by atoms with van der Waals surface area (Å²) in [7, 11) is 0. The minimum Gasteiger partial charge on any atom is -0.507 e. The second-order valence-electron chi connectivity index (χ2n) is 5.82. The molecule has 22 heavy (non-hydrogen) atoms. The number of rotatable bonds is 7. The van der Waals surface area contributed by atoms with Crippen molar-refractivity contribution in [3.05, 3.63) is 29.3 Å². The Morgan fingerprint density at radius 1 is 1.23 bits per heavy atom. The van der Waals surface area contributed by atoms with Gasteiger partial charge in [0, 0.05) is 5.56 Å². The number of ketones is 2. The topological polar surface area (TPSA) is 66.9 Å². The van der Waals surface area contributed by atoms with E-state index in [1.165, 1.54) is 37.1 Å². The summed E-state index contributed by atoms with van der Waals surface area (Å²) in [6.07, 6.45) is 5.09. The van der Waals surface area contributed by atoms with Gasteiger partial charge in [-0.05, 0) is 18.2 Å². The molecule has 4 nitrogen and oxygen atoms in total. The second-order valence-corrected chi connectivity index (χ2v) is 7.12. The van der Waals surface area contributed by atoms with Gasteiger partial charge in [-0.15, -0.1) is 11.8 Å². The number of thioether (sulfide) groups is 1. The predicted molar refractivity (Wildman–Crippen MR) is 85.6 cm³/mol. The molecule has 1 aromatic rings. The van der Waals surface area contributed by atoms with E-state index in [0.29, 0.717) is 0 Å². The molecule has 3 rings (SSSR count). The molecule has 5 heteroatoms. The van der Waals surface area contributed by atoms with E-state index in [4.69, 9.17) is 4.74 Å². The van der Waals surface area contributed by atoms with E-state index in [1.807, 2.05) is 0 Å². The Morgan fingerprint density at radius 3 is 2.77 bits per heavy atom. The van der Waals surface area contributed by atoms with Crippen molar-refractivity contribution in [2.75, 3.05) is 5.75 Å². The number of hydrogen-bond acceptors (Lipinski definition) is 5. The number of unbranched alkanes of at least 4 members (excludes halogenated alkanes) is 4. The van der Waals surface area contributed by atoms with E-state index in [9.17, 15) is 14.7 Å². The molecule has 0 saturated carbocycles. The van der Waals surface area contributed by atoms with Gasteiger partial charge >= 0.3 is 0 Å². The van der Waals surface area contributed by atoms with Crippen molar-refractivity contribution >= 4 is 23.3 Å². The first kappa shape index (κ1) is 15.6. The molecule has 0 amide bonds. The lowest BCUT2D eigenvalue weighted by Crippen LogP contribution is -2.34. The third-order valence-corrected chi connectivity index (χ3v) is 5.65. The molecule has 1 saturated heterocycles. The highest BCUT2D eigenvalue weighted by molar-refractivity contribution is 8.01. The molecule has 0 aromatic heterocycles. The molecule has 1 aliphatic carbocycles. The lowest BCUT2D eigenvalue weighted by molar-refractivity contribution is 0.0909. The number of phenols is 1. The second kappa shape index (κ2) is 6.05. The molecule has 0 radical (unpaired) electrons. The van der Waals surface area contributed by atoms with Gasteiger partial charge in [-0.25, -0.2) is 0 Å². The van der Waals surface area contributed by atoms with Crippen molar-refractivity contribution in [3.63, 3.8) is 0 Å². The van der Waals surface area contributed by atoms with E-state index >= 15 is 0 Å². The highest BCUT2D eigenvalue weighted by atomic mass is 32.2. The smallest absolute Gasteiger partial charge is 0.211 e. The van der Waals surface area contributed by atoms with Crippen LogP contribution in [-0.4, -0.2) is 33.5 Å². The monoisotopic (exact) mass is 320 g/mol. The van der Waals surface area contributed by atoms with Crippen LogP contribution in [0.25, 0.3) is 0 Å². The summed E-state index contributed by atoms with van der Waals surface area (Å²) in [5, 5.41) is 9.83. The van der Waals surface area contributed by atoms with Crippen LogP contribution in [0.2, 0.25) is 0 Å². The zero-order chi connectivity index (χ0) is 15.7. The van der Waals surface area contributed by atoms with Crippen molar-refractivity contribution in [1.82, 2.24) is 0 Å². The van der Waals surface area contributed by atoms with Gasteiger partial charge in [0.05, 0.1) is 5.56 Å². The third kappa shape index (κ3) is 2.46. The first-order valence-corrected chi connectivity index (χ1v) is 8.83. The van der Waals surface area contributed by atoms with Crippen LogP contribution in [0.3, 0.4) is 0 Å². The summed E-state index contributed by atoms with van der Waals surface area (Å²) in [5.74, 6) is 0.227. The van der Waals surface area contributed by atoms with Crippen molar-refractivity contribution < 1.29 is 19.4 Å². The van der Waals surface area contributed by atoms with Crippen LogP contribution in [-0.2, 0) is 4.74 Å². The molecule has 1 heterocycles. The lowest BCUT2D eigenvalue weighted by atomic mass is 9.88. The Bertz CT molecular complexity index is 613. The molecule has 1 aliphatic heterocycles. The van der Waals surface area contributed by atoms with E-state index < -0.39 is 11.0 Å². The summed E-state index contributed by atoms with van der Waals surface area (Å²) < 4.78 is 5.51. The van der Waals surface area contributed by atoms with E-state index in [-0.39, 0.29) is 28.4 Å². The molecule has 2 atom stereocenters. The van der Waals surface area contributed by atoms with E-state index in [0.717, 1.165) is 18.6 Å². The van der Waals surface area contributed by atoms with E-state index in [1.54, 1.807) is 12.1 Å². The summed E-state index contributed by atoms with van der Waals surface area (Å²) in [6.45, 7) is 2.18. The van der Waals surface area contributed by atoms with Gasteiger partial charge in [0.15, 0.2) is 6.10 Å². The number of ether oxygens (including phenoxy) is 1. The number of Topliss-reactive ketones (excluding diaryl/α,β-unsaturated/α-hetero) is 2. The maximum absolute atomic E-state index is 12.6. The Labute approximate surface area is 134 Å². The van der Waals surface area contributed by atoms with Gasteiger partial charge in [0.25, 0.3) is 0 Å². The van der Waals surface area contributed by atoms with Crippen LogP contribution < -0.4 is 0 Å². The fourth-order valence-corrected chi connectivity index (χ4v) is 4.27. The lowest BCUT2D eigenvalue weighted by Gasteiger charge is -2.18. The molecule has 118 valence electrons. The standard InChI is InChI=1S/C17H20O4S/c1-2-3-4-5-6-10-22-17-15(20)11-8-7-9-12(18)13(11)14(19)16(17)21-17/h7-9,16,18H,2-6,10H2,1H3. The highest BCUT2D eigenvalue weighted by Crippen LogP contribution is 2.54. The van der Waals surface area contributed by atoms with Crippen LogP contribution in [0.5, 0.6) is 5.75 Å². The molecule has 0 spiro atoms. The highest BCUT2D eigenvalue weighted by Gasteiger charge is 2.69. The molecular weight excluding hydrogens is 300 g/mol. The number of epoxide rings is 1. The Hall–Kier alpha value is -1.33. The van der Waals surface area contributed by atoms with Gasteiger partial charge in [0.1, 0.15) is 5.75 Å². The molecule has 1 N–H and O–H groups in total. The third-order valence-electron chi connectivity index (χ3n) is 4.23. The Morgan fingerprint density at radius 2 is 2.00 bits per heavy atom. The molecule has 2 unspecified atom stereocenters. The molecule has 1 fully saturated rings. The van der Waals surface area contributed by atoms with Crippen LogP contribution >= 0.6 is 11.8 Å². The van der Waals surface area contributed by atoms with Gasteiger partial charge in [-0.3, -0.25) is 9.59 Å². The zero-order valence-corrected chi connectivity index (χ0v) is 13.4. The fraction of sp³-hybridized carbons (Fsp3) is 0.529. The number of carbonyl (C=O) groups excluding carboxylic acids is 2. The summed E-state index contributed by atoms with van der Waals surface area (Å²) in [4.78, 5) is 24.0. The summed E-state index contributed by atoms with van der Waals surface area (Å²) >= 11 is 1.44. The zero-order valence-electron chi connectivity index (χ0n) is 12.6. The number of benzene rings is 1. The van der Waals surface area contributed by atoms with E-state index in [2.05, 4.69) is 6.92 Å². The van der Waals surface area contributed by atoms with Crippen LogP contribution in [0.4, 0.5) is 0 Å². The van der Waals surface area contributed by atoms with Crippen molar-refractivity contribution in [1.29, 1.82) is 0 Å².